The van der Waals surface area contributed by atoms with Gasteiger partial charge in [0.25, 0.3) is 0 Å². The molecule has 236 valence electrons. The lowest BCUT2D eigenvalue weighted by Gasteiger charge is -2.27. The molecule has 1 unspecified atom stereocenters. The Morgan fingerprint density at radius 2 is 0.538 bits per heavy atom. The lowest BCUT2D eigenvalue weighted by molar-refractivity contribution is -0.00101. The maximum Gasteiger partial charge on any atom is 0.107 e. The predicted molar refractivity (Wildman–Crippen MR) is 178 cm³/mol. The number of aliphatic hydroxyl groups excluding tert-OH is 1. The molecule has 2 nitrogen and oxygen atoms in total. The Morgan fingerprint density at radius 1 is 0.333 bits per heavy atom. The highest BCUT2D eigenvalue weighted by atomic mass is 16.3. The second-order valence-electron chi connectivity index (χ2n) is 12.8. The van der Waals surface area contributed by atoms with E-state index in [9.17, 15) is 5.11 Å². The first kappa shape index (κ1) is 38.9. The standard InChI is InChI=1S/C37H77NO/c1-4-7-9-11-13-15-17-19-21-23-25-27-29-31-33-35-38(37(39)6-3)36-34-32-30-28-26-24-22-20-18-16-14-12-10-8-5-2/h37,39H,4-36H2,1-3H3. The van der Waals surface area contributed by atoms with Crippen LogP contribution in [0.1, 0.15) is 220 Å². The second-order valence-corrected chi connectivity index (χ2v) is 12.8. The van der Waals surface area contributed by atoms with Crippen LogP contribution in [-0.2, 0) is 0 Å². The third-order valence-electron chi connectivity index (χ3n) is 8.88. The van der Waals surface area contributed by atoms with E-state index in [1.807, 2.05) is 0 Å². The van der Waals surface area contributed by atoms with Gasteiger partial charge in [-0.15, -0.1) is 0 Å². The molecular weight excluding hydrogens is 474 g/mol. The van der Waals surface area contributed by atoms with Crippen LogP contribution in [0, 0.1) is 0 Å². The van der Waals surface area contributed by atoms with Gasteiger partial charge in [-0.05, 0) is 19.3 Å². The highest BCUT2D eigenvalue weighted by molar-refractivity contribution is 4.62. The maximum absolute atomic E-state index is 10.5. The Bertz CT molecular complexity index is 392. The highest BCUT2D eigenvalue weighted by Crippen LogP contribution is 2.16. The first-order valence-corrected chi connectivity index (χ1v) is 18.7. The number of rotatable bonds is 34. The highest BCUT2D eigenvalue weighted by Gasteiger charge is 2.12. The average Bonchev–Trinajstić information content (AvgIpc) is 2.95. The molecule has 0 fully saturated rings. The SMILES string of the molecule is CCCCCCCCCCCCCCCCCN(CCCCCCCCCCCCCCCCC)C(O)CC. The Kier molecular flexibility index (Phi) is 34.1. The Labute approximate surface area is 248 Å². The average molecular weight is 552 g/mol. The van der Waals surface area contributed by atoms with Crippen molar-refractivity contribution in [3.05, 3.63) is 0 Å². The van der Waals surface area contributed by atoms with Gasteiger partial charge in [0.1, 0.15) is 6.23 Å². The van der Waals surface area contributed by atoms with Crippen LogP contribution >= 0.6 is 0 Å². The summed E-state index contributed by atoms with van der Waals surface area (Å²) in [6.07, 6.45) is 43.1. The van der Waals surface area contributed by atoms with Crippen LogP contribution in [0.2, 0.25) is 0 Å². The smallest absolute Gasteiger partial charge is 0.107 e. The summed E-state index contributed by atoms with van der Waals surface area (Å²) in [7, 11) is 0. The van der Waals surface area contributed by atoms with Crippen LogP contribution in [0.15, 0.2) is 0 Å². The van der Waals surface area contributed by atoms with Crippen LogP contribution in [0.4, 0.5) is 0 Å². The minimum atomic E-state index is -0.233. The Balaban J connectivity index is 3.49. The summed E-state index contributed by atoms with van der Waals surface area (Å²) in [5.41, 5.74) is 0. The molecule has 0 aliphatic carbocycles. The molecule has 0 aliphatic heterocycles. The Morgan fingerprint density at radius 3 is 0.744 bits per heavy atom. The fraction of sp³-hybridized carbons (Fsp3) is 1.00. The van der Waals surface area contributed by atoms with Crippen LogP contribution in [0.25, 0.3) is 0 Å². The molecule has 0 aromatic heterocycles. The van der Waals surface area contributed by atoms with Gasteiger partial charge in [0.2, 0.25) is 0 Å². The summed E-state index contributed by atoms with van der Waals surface area (Å²) in [4.78, 5) is 2.37. The summed E-state index contributed by atoms with van der Waals surface area (Å²) < 4.78 is 0. The van der Waals surface area contributed by atoms with Crippen molar-refractivity contribution in [1.29, 1.82) is 0 Å². The maximum atomic E-state index is 10.5. The number of aliphatic hydroxyl groups is 1. The summed E-state index contributed by atoms with van der Waals surface area (Å²) >= 11 is 0. The van der Waals surface area contributed by atoms with E-state index in [0.717, 1.165) is 19.5 Å². The minimum absolute atomic E-state index is 0.233. The predicted octanol–water partition coefficient (Wildman–Crippen LogP) is 12.8. The summed E-state index contributed by atoms with van der Waals surface area (Å²) in [5, 5.41) is 10.5. The number of hydrogen-bond donors (Lipinski definition) is 1. The largest absolute Gasteiger partial charge is 0.378 e. The van der Waals surface area contributed by atoms with Crippen molar-refractivity contribution >= 4 is 0 Å². The number of hydrogen-bond acceptors (Lipinski definition) is 2. The summed E-state index contributed by atoms with van der Waals surface area (Å²) in [6.45, 7) is 8.90. The van der Waals surface area contributed by atoms with Crippen molar-refractivity contribution in [3.63, 3.8) is 0 Å². The first-order chi connectivity index (χ1) is 19.3. The van der Waals surface area contributed by atoms with Gasteiger partial charge in [-0.2, -0.15) is 0 Å². The van der Waals surface area contributed by atoms with E-state index in [1.54, 1.807) is 0 Å². The van der Waals surface area contributed by atoms with Crippen molar-refractivity contribution in [2.45, 2.75) is 226 Å². The van der Waals surface area contributed by atoms with Crippen LogP contribution < -0.4 is 0 Å². The van der Waals surface area contributed by atoms with Crippen molar-refractivity contribution in [3.8, 4) is 0 Å². The fourth-order valence-electron chi connectivity index (χ4n) is 6.04. The molecule has 0 heterocycles. The van der Waals surface area contributed by atoms with Gasteiger partial charge < -0.3 is 5.11 Å². The fourth-order valence-corrected chi connectivity index (χ4v) is 6.04. The monoisotopic (exact) mass is 552 g/mol. The van der Waals surface area contributed by atoms with Crippen LogP contribution in [0.5, 0.6) is 0 Å². The molecule has 0 radical (unpaired) electrons. The molecule has 2 heteroatoms. The van der Waals surface area contributed by atoms with Crippen molar-refractivity contribution in [2.75, 3.05) is 13.1 Å². The molecule has 0 aliphatic rings. The van der Waals surface area contributed by atoms with Gasteiger partial charge in [-0.1, -0.05) is 201 Å². The van der Waals surface area contributed by atoms with Crippen LogP contribution in [0.3, 0.4) is 0 Å². The second kappa shape index (κ2) is 34.1. The van der Waals surface area contributed by atoms with E-state index in [0.29, 0.717) is 0 Å². The van der Waals surface area contributed by atoms with E-state index >= 15 is 0 Å². The summed E-state index contributed by atoms with van der Waals surface area (Å²) in [5.74, 6) is 0. The first-order valence-electron chi connectivity index (χ1n) is 18.7. The zero-order valence-electron chi connectivity index (χ0n) is 27.8. The molecule has 39 heavy (non-hydrogen) atoms. The molecule has 1 N–H and O–H groups in total. The summed E-state index contributed by atoms with van der Waals surface area (Å²) in [6, 6.07) is 0. The van der Waals surface area contributed by atoms with Crippen molar-refractivity contribution < 1.29 is 5.11 Å². The van der Waals surface area contributed by atoms with E-state index in [4.69, 9.17) is 0 Å². The Hall–Kier alpha value is -0.0800. The lowest BCUT2D eigenvalue weighted by Crippen LogP contribution is -2.36. The molecule has 0 rings (SSSR count). The molecular formula is C37H77NO. The third kappa shape index (κ3) is 30.7. The molecule has 0 aromatic carbocycles. The zero-order valence-corrected chi connectivity index (χ0v) is 27.8. The van der Waals surface area contributed by atoms with Gasteiger partial charge in [0, 0.05) is 13.1 Å². The van der Waals surface area contributed by atoms with Gasteiger partial charge in [-0.3, -0.25) is 4.90 Å². The van der Waals surface area contributed by atoms with Crippen LogP contribution in [-0.4, -0.2) is 29.3 Å². The number of nitrogens with zero attached hydrogens (tertiary/aromatic N) is 1. The molecule has 0 bridgehead atoms. The molecule has 0 saturated carbocycles. The van der Waals surface area contributed by atoms with Gasteiger partial charge in [-0.25, -0.2) is 0 Å². The molecule has 0 amide bonds. The van der Waals surface area contributed by atoms with E-state index in [-0.39, 0.29) is 6.23 Å². The van der Waals surface area contributed by atoms with Crippen molar-refractivity contribution in [1.82, 2.24) is 4.90 Å². The molecule has 0 saturated heterocycles. The van der Waals surface area contributed by atoms with E-state index in [2.05, 4.69) is 25.7 Å². The number of unbranched alkanes of at least 4 members (excludes halogenated alkanes) is 28. The van der Waals surface area contributed by atoms with E-state index < -0.39 is 0 Å². The normalized spacial score (nSPS) is 12.5. The molecule has 0 aromatic rings. The van der Waals surface area contributed by atoms with E-state index in [1.165, 1.54) is 193 Å². The lowest BCUT2D eigenvalue weighted by atomic mass is 10.0. The van der Waals surface area contributed by atoms with Crippen molar-refractivity contribution in [2.24, 2.45) is 0 Å². The quantitative estimate of drug-likeness (QED) is 0.0635. The molecule has 1 atom stereocenters. The third-order valence-corrected chi connectivity index (χ3v) is 8.88. The topological polar surface area (TPSA) is 23.5 Å². The molecule has 0 spiro atoms. The van der Waals surface area contributed by atoms with Gasteiger partial charge >= 0.3 is 0 Å². The zero-order chi connectivity index (χ0) is 28.5. The van der Waals surface area contributed by atoms with Gasteiger partial charge in [0.05, 0.1) is 0 Å². The van der Waals surface area contributed by atoms with Gasteiger partial charge in [0.15, 0.2) is 0 Å². The minimum Gasteiger partial charge on any atom is -0.378 e.